The van der Waals surface area contributed by atoms with Crippen LogP contribution in [0.25, 0.3) is 0 Å². The van der Waals surface area contributed by atoms with Crippen LogP contribution in [0.4, 0.5) is 0 Å². The average Bonchev–Trinajstić information content (AvgIpc) is 1.84. The zero-order valence-corrected chi connectivity index (χ0v) is 7.46. The fraction of sp³-hybridized carbons (Fsp3) is 0. The zero-order valence-electron chi connectivity index (χ0n) is 7.46. The number of rotatable bonds is 2. The van der Waals surface area contributed by atoms with Crippen LogP contribution in [0.15, 0.2) is 0 Å². The number of carbonyl (C=O) groups is 3. The Morgan fingerprint density at radius 2 is 1.07 bits per heavy atom. The summed E-state index contributed by atoms with van der Waals surface area (Å²) in [6.07, 6.45) is 0. The topological polar surface area (TPSA) is 158 Å². The van der Waals surface area contributed by atoms with Gasteiger partial charge in [0.05, 0.1) is 7.32 Å². The third-order valence-corrected chi connectivity index (χ3v) is 0.388. The average molecular weight is 192 g/mol. The van der Waals surface area contributed by atoms with Gasteiger partial charge in [0.25, 0.3) is 0 Å². The normalized spacial score (nSPS) is 6.50. The van der Waals surface area contributed by atoms with Crippen molar-refractivity contribution in [2.24, 2.45) is 0 Å². The second-order valence-electron chi connectivity index (χ2n) is 1.25. The number of ketones is 1. The molecule has 0 spiro atoms. The summed E-state index contributed by atoms with van der Waals surface area (Å²) < 4.78 is 0. The summed E-state index contributed by atoms with van der Waals surface area (Å²) in [6.45, 7) is 0. The first kappa shape index (κ1) is 23.5. The summed E-state index contributed by atoms with van der Waals surface area (Å²) in [5.74, 6) is -5.71. The molecule has 0 bridgehead atoms. The van der Waals surface area contributed by atoms with Crippen molar-refractivity contribution in [2.75, 3.05) is 0 Å². The standard InChI is InChI=1S/C3H2O5.BHO3.2Li/c4-1(2(5)6)3(7)8;2-1(3)4;;/h(H,5,6)(H,7,8);2H;;/q;-2;2*+1. The van der Waals surface area contributed by atoms with Gasteiger partial charge >= 0.3 is 55.4 Å². The maximum atomic E-state index is 9.64. The van der Waals surface area contributed by atoms with Crippen LogP contribution in [0.3, 0.4) is 0 Å². The molecule has 0 atom stereocenters. The minimum absolute atomic E-state index is 0. The van der Waals surface area contributed by atoms with E-state index in [1.807, 2.05) is 0 Å². The Labute approximate surface area is 102 Å². The van der Waals surface area contributed by atoms with Crippen LogP contribution < -0.4 is 47.8 Å². The first-order valence-corrected chi connectivity index (χ1v) is 2.29. The molecule has 0 radical (unpaired) electrons. The van der Waals surface area contributed by atoms with Crippen molar-refractivity contribution >= 4 is 25.0 Å². The molecular formula is C3H3BLi2O8. The van der Waals surface area contributed by atoms with Crippen molar-refractivity contribution in [1.82, 2.24) is 0 Å². The van der Waals surface area contributed by atoms with Gasteiger partial charge in [-0.2, -0.15) is 0 Å². The van der Waals surface area contributed by atoms with Gasteiger partial charge in [-0.05, 0) is 0 Å². The molecule has 68 valence electrons. The molecular weight excluding hydrogens is 189 g/mol. The summed E-state index contributed by atoms with van der Waals surface area (Å²) in [5.41, 5.74) is 0. The number of carboxylic acids is 2. The monoisotopic (exact) mass is 192 g/mol. The zero-order chi connectivity index (χ0) is 10.3. The van der Waals surface area contributed by atoms with Crippen LogP contribution in [0.2, 0.25) is 0 Å². The molecule has 8 nitrogen and oxygen atoms in total. The summed E-state index contributed by atoms with van der Waals surface area (Å²) >= 11 is 0. The van der Waals surface area contributed by atoms with Crippen LogP contribution in [0.5, 0.6) is 0 Å². The van der Waals surface area contributed by atoms with E-state index in [9.17, 15) is 14.4 Å². The largest absolute Gasteiger partial charge is 1.00 e. The van der Waals surface area contributed by atoms with E-state index in [0.717, 1.165) is 0 Å². The molecule has 0 aromatic rings. The third kappa shape index (κ3) is 22.6. The summed E-state index contributed by atoms with van der Waals surface area (Å²) in [5, 5.41) is 39.2. The smallest absolute Gasteiger partial charge is 0.871 e. The summed E-state index contributed by atoms with van der Waals surface area (Å²) in [4.78, 5) is 28.5. The number of aliphatic carboxylic acids is 2. The van der Waals surface area contributed by atoms with Crippen LogP contribution in [0, 0.1) is 0 Å². The molecule has 0 aliphatic heterocycles. The Morgan fingerprint density at radius 1 is 0.929 bits per heavy atom. The van der Waals surface area contributed by atoms with Gasteiger partial charge in [0.15, 0.2) is 0 Å². The molecule has 0 aromatic carbocycles. The van der Waals surface area contributed by atoms with Gasteiger partial charge in [-0.15, -0.1) is 0 Å². The number of carbonyl (C=O) groups excluding carboxylic acids is 1. The van der Waals surface area contributed by atoms with Crippen molar-refractivity contribution in [1.29, 1.82) is 0 Å². The van der Waals surface area contributed by atoms with E-state index < -0.39 is 25.0 Å². The van der Waals surface area contributed by atoms with Gasteiger partial charge in [-0.1, -0.05) is 0 Å². The van der Waals surface area contributed by atoms with Gasteiger partial charge in [0, 0.05) is 0 Å². The van der Waals surface area contributed by atoms with Gasteiger partial charge in [0.1, 0.15) is 0 Å². The Bertz CT molecular complexity index is 174. The third-order valence-electron chi connectivity index (χ3n) is 0.388. The summed E-state index contributed by atoms with van der Waals surface area (Å²) in [6, 6.07) is 0. The molecule has 14 heavy (non-hydrogen) atoms. The molecule has 11 heteroatoms. The minimum Gasteiger partial charge on any atom is -0.871 e. The number of Topliss-reactive ketones (excluding diaryl/α,β-unsaturated/α-hetero) is 1. The van der Waals surface area contributed by atoms with E-state index in [1.165, 1.54) is 0 Å². The summed E-state index contributed by atoms with van der Waals surface area (Å²) in [7, 11) is -2.67. The molecule has 0 aliphatic rings. The predicted molar refractivity (Wildman–Crippen MR) is 28.3 cm³/mol. The fourth-order valence-corrected chi connectivity index (χ4v) is 0.0915. The first-order chi connectivity index (χ1) is 5.29. The molecule has 0 saturated carbocycles. The SMILES string of the molecule is O=C(O)C(=O)C(=O)O.[Li+].[Li+].[O-]B([O-])O. The van der Waals surface area contributed by atoms with Gasteiger partial charge in [0.2, 0.25) is 0 Å². The van der Waals surface area contributed by atoms with E-state index in [-0.39, 0.29) is 37.7 Å². The van der Waals surface area contributed by atoms with Crippen molar-refractivity contribution < 1.29 is 77.4 Å². The Kier molecular flexibility index (Phi) is 21.4. The molecule has 0 unspecified atom stereocenters. The molecule has 0 aromatic heterocycles. The maximum absolute atomic E-state index is 9.64. The van der Waals surface area contributed by atoms with Crippen molar-refractivity contribution in [3.63, 3.8) is 0 Å². The number of hydrogen-bond acceptors (Lipinski definition) is 6. The Hall–Kier alpha value is -0.250. The quantitative estimate of drug-likeness (QED) is 0.221. The van der Waals surface area contributed by atoms with E-state index in [0.29, 0.717) is 0 Å². The fourth-order valence-electron chi connectivity index (χ4n) is 0.0915. The van der Waals surface area contributed by atoms with Gasteiger partial charge < -0.3 is 25.3 Å². The number of hydrogen-bond donors (Lipinski definition) is 3. The second-order valence-corrected chi connectivity index (χ2v) is 1.25. The molecule has 0 amide bonds. The molecule has 0 heterocycles. The van der Waals surface area contributed by atoms with Gasteiger partial charge in [-0.25, -0.2) is 9.59 Å². The molecule has 0 saturated heterocycles. The Morgan fingerprint density at radius 3 is 1.07 bits per heavy atom. The number of carboxylic acid groups (broad SMARTS) is 2. The molecule has 0 rings (SSSR count). The van der Waals surface area contributed by atoms with E-state index in [4.69, 9.17) is 25.3 Å². The first-order valence-electron chi connectivity index (χ1n) is 2.29. The van der Waals surface area contributed by atoms with Crippen LogP contribution in [0.1, 0.15) is 0 Å². The van der Waals surface area contributed by atoms with Crippen molar-refractivity contribution in [3.05, 3.63) is 0 Å². The van der Waals surface area contributed by atoms with Crippen LogP contribution >= 0.6 is 0 Å². The predicted octanol–water partition coefficient (Wildman–Crippen LogP) is -10.6. The Balaban J connectivity index is -0.0000000733. The minimum atomic E-state index is -2.67. The van der Waals surface area contributed by atoms with E-state index in [2.05, 4.69) is 0 Å². The second kappa shape index (κ2) is 12.7. The van der Waals surface area contributed by atoms with E-state index in [1.54, 1.807) is 0 Å². The maximum Gasteiger partial charge on any atom is 1.00 e. The van der Waals surface area contributed by atoms with Crippen molar-refractivity contribution in [3.8, 4) is 0 Å². The molecule has 3 N–H and O–H groups in total. The molecule has 0 fully saturated rings. The molecule has 0 aliphatic carbocycles. The van der Waals surface area contributed by atoms with Crippen LogP contribution in [-0.2, 0) is 14.4 Å². The van der Waals surface area contributed by atoms with Crippen molar-refractivity contribution in [2.45, 2.75) is 0 Å². The van der Waals surface area contributed by atoms with Crippen LogP contribution in [-0.4, -0.2) is 40.3 Å². The van der Waals surface area contributed by atoms with E-state index >= 15 is 0 Å². The van der Waals surface area contributed by atoms with Gasteiger partial charge in [-0.3, -0.25) is 4.79 Å².